The highest BCUT2D eigenvalue weighted by molar-refractivity contribution is 5.74. The lowest BCUT2D eigenvalue weighted by atomic mass is 9.93. The molecule has 1 N–H and O–H groups in total. The Morgan fingerprint density at radius 2 is 1.71 bits per heavy atom. The first-order valence-electron chi connectivity index (χ1n) is 10.9. The molecule has 1 fully saturated rings. The molecular weight excluding hydrogens is 386 g/mol. The number of hydrogen-bond donors (Lipinski definition) is 1. The van der Waals surface area contributed by atoms with Gasteiger partial charge in [-0.15, -0.1) is 0 Å². The van der Waals surface area contributed by atoms with Crippen molar-refractivity contribution in [1.82, 2.24) is 4.90 Å². The fourth-order valence-electron chi connectivity index (χ4n) is 4.65. The maximum atomic E-state index is 12.0. The van der Waals surface area contributed by atoms with E-state index < -0.39 is 12.0 Å². The molecule has 0 amide bonds. The largest absolute Gasteiger partial charge is 0.489 e. The average molecular weight is 416 g/mol. The summed E-state index contributed by atoms with van der Waals surface area (Å²) in [5.41, 5.74) is 5.57. The Balaban J connectivity index is 1.76. The van der Waals surface area contributed by atoms with Crippen molar-refractivity contribution in [2.45, 2.75) is 45.4 Å². The lowest BCUT2D eigenvalue weighted by molar-refractivity contribution is -0.142. The van der Waals surface area contributed by atoms with E-state index >= 15 is 0 Å². The van der Waals surface area contributed by atoms with Gasteiger partial charge in [0.2, 0.25) is 0 Å². The van der Waals surface area contributed by atoms with E-state index in [9.17, 15) is 9.90 Å². The predicted octanol–water partition coefficient (Wildman–Crippen LogP) is 5.52. The minimum atomic E-state index is -0.755. The minimum absolute atomic E-state index is 0.172. The summed E-state index contributed by atoms with van der Waals surface area (Å²) in [6, 6.07) is 24.0. The standard InChI is InChI=1S/C27H29NO3/c1-19-15-20(2)17-22(16-19)26(28-14-8-12-24(28)27(29)30)23-11-6-7-13-25(23)31-18-21-9-4-3-5-10-21/h3-7,9-11,13,15-17,24,26H,8,12,14,18H2,1-2H3,(H,29,30). The van der Waals surface area contributed by atoms with Crippen LogP contribution < -0.4 is 4.74 Å². The van der Waals surface area contributed by atoms with Crippen molar-refractivity contribution < 1.29 is 14.6 Å². The second kappa shape index (κ2) is 9.36. The number of carboxylic acid groups (broad SMARTS) is 1. The molecule has 2 atom stereocenters. The smallest absolute Gasteiger partial charge is 0.320 e. The Kier molecular flexibility index (Phi) is 6.38. The molecule has 1 saturated heterocycles. The first-order chi connectivity index (χ1) is 15.0. The number of aryl methyl sites for hydroxylation is 2. The van der Waals surface area contributed by atoms with E-state index in [1.807, 2.05) is 48.5 Å². The van der Waals surface area contributed by atoms with Gasteiger partial charge in [0.05, 0.1) is 6.04 Å². The van der Waals surface area contributed by atoms with Gasteiger partial charge in [-0.1, -0.05) is 77.9 Å². The molecule has 0 bridgehead atoms. The van der Waals surface area contributed by atoms with Crippen molar-refractivity contribution in [3.05, 3.63) is 101 Å². The summed E-state index contributed by atoms with van der Waals surface area (Å²) >= 11 is 0. The van der Waals surface area contributed by atoms with E-state index in [4.69, 9.17) is 4.74 Å². The van der Waals surface area contributed by atoms with E-state index in [0.717, 1.165) is 35.4 Å². The van der Waals surface area contributed by atoms with Gasteiger partial charge in [-0.05, 0) is 43.9 Å². The Hall–Kier alpha value is -3.11. The Labute approximate surface area is 184 Å². The van der Waals surface area contributed by atoms with Crippen molar-refractivity contribution in [2.75, 3.05) is 6.54 Å². The third-order valence-electron chi connectivity index (χ3n) is 5.92. The number of aliphatic carboxylic acids is 1. The molecule has 4 heteroatoms. The molecule has 3 aromatic rings. The fraction of sp³-hybridized carbons (Fsp3) is 0.296. The molecule has 31 heavy (non-hydrogen) atoms. The zero-order chi connectivity index (χ0) is 21.8. The van der Waals surface area contributed by atoms with Crippen LogP contribution in [0.5, 0.6) is 5.75 Å². The molecule has 4 rings (SSSR count). The summed E-state index contributed by atoms with van der Waals surface area (Å²) in [6.45, 7) is 5.40. The molecule has 4 nitrogen and oxygen atoms in total. The van der Waals surface area contributed by atoms with E-state index in [1.165, 1.54) is 11.1 Å². The number of hydrogen-bond acceptors (Lipinski definition) is 3. The SMILES string of the molecule is Cc1cc(C)cc(C(c2ccccc2OCc2ccccc2)N2CCCC2C(=O)O)c1. The lowest BCUT2D eigenvalue weighted by Gasteiger charge is -2.33. The van der Waals surface area contributed by atoms with E-state index in [-0.39, 0.29) is 6.04 Å². The van der Waals surface area contributed by atoms with Gasteiger partial charge >= 0.3 is 5.97 Å². The van der Waals surface area contributed by atoms with Crippen LogP contribution in [0.25, 0.3) is 0 Å². The normalized spacial score (nSPS) is 17.4. The summed E-state index contributed by atoms with van der Waals surface area (Å²) in [4.78, 5) is 14.2. The third-order valence-corrected chi connectivity index (χ3v) is 5.92. The van der Waals surface area contributed by atoms with E-state index in [1.54, 1.807) is 0 Å². The molecule has 0 aliphatic carbocycles. The topological polar surface area (TPSA) is 49.8 Å². The van der Waals surface area contributed by atoms with Gasteiger partial charge in [0.25, 0.3) is 0 Å². The maximum Gasteiger partial charge on any atom is 0.320 e. The van der Waals surface area contributed by atoms with Gasteiger partial charge in [-0.3, -0.25) is 9.69 Å². The molecule has 2 unspecified atom stereocenters. The molecular formula is C27H29NO3. The molecule has 0 radical (unpaired) electrons. The van der Waals surface area contributed by atoms with Crippen LogP contribution in [0.1, 0.15) is 46.7 Å². The summed E-state index contributed by atoms with van der Waals surface area (Å²) in [6.07, 6.45) is 1.55. The van der Waals surface area contributed by atoms with Gasteiger partial charge in [0.1, 0.15) is 18.4 Å². The Bertz CT molecular complexity index is 1030. The van der Waals surface area contributed by atoms with Crippen molar-refractivity contribution in [2.24, 2.45) is 0 Å². The van der Waals surface area contributed by atoms with Crippen LogP contribution in [0, 0.1) is 13.8 Å². The van der Waals surface area contributed by atoms with Crippen molar-refractivity contribution in [3.8, 4) is 5.75 Å². The molecule has 0 saturated carbocycles. The maximum absolute atomic E-state index is 12.0. The molecule has 1 aliphatic rings. The van der Waals surface area contributed by atoms with Gasteiger partial charge in [0, 0.05) is 12.1 Å². The van der Waals surface area contributed by atoms with Gasteiger partial charge in [-0.25, -0.2) is 0 Å². The summed E-state index contributed by atoms with van der Waals surface area (Å²) < 4.78 is 6.27. The van der Waals surface area contributed by atoms with Crippen LogP contribution in [0.4, 0.5) is 0 Å². The van der Waals surface area contributed by atoms with Crippen LogP contribution in [0.15, 0.2) is 72.8 Å². The first-order valence-corrected chi connectivity index (χ1v) is 10.9. The van der Waals surface area contributed by atoms with Crippen LogP contribution in [0.3, 0.4) is 0 Å². The monoisotopic (exact) mass is 415 g/mol. The first kappa shape index (κ1) is 21.1. The average Bonchev–Trinajstić information content (AvgIpc) is 3.23. The fourth-order valence-corrected chi connectivity index (χ4v) is 4.65. The number of carbonyl (C=O) groups is 1. The van der Waals surface area contributed by atoms with Gasteiger partial charge in [-0.2, -0.15) is 0 Å². The second-order valence-corrected chi connectivity index (χ2v) is 8.37. The van der Waals surface area contributed by atoms with E-state index in [2.05, 4.69) is 43.0 Å². The third kappa shape index (κ3) is 4.80. The summed E-state index contributed by atoms with van der Waals surface area (Å²) in [5.74, 6) is 0.0427. The quantitative estimate of drug-likeness (QED) is 0.552. The zero-order valence-electron chi connectivity index (χ0n) is 18.1. The van der Waals surface area contributed by atoms with Crippen LogP contribution >= 0.6 is 0 Å². The highest BCUT2D eigenvalue weighted by atomic mass is 16.5. The predicted molar refractivity (Wildman–Crippen MR) is 122 cm³/mol. The van der Waals surface area contributed by atoms with Crippen molar-refractivity contribution >= 4 is 5.97 Å². The summed E-state index contributed by atoms with van der Waals surface area (Å²) in [5, 5.41) is 9.88. The summed E-state index contributed by atoms with van der Waals surface area (Å²) in [7, 11) is 0. The lowest BCUT2D eigenvalue weighted by Crippen LogP contribution is -2.39. The number of nitrogens with zero attached hydrogens (tertiary/aromatic N) is 1. The molecule has 1 heterocycles. The van der Waals surface area contributed by atoms with Gasteiger partial charge in [0.15, 0.2) is 0 Å². The Morgan fingerprint density at radius 3 is 2.42 bits per heavy atom. The molecule has 3 aromatic carbocycles. The number of benzene rings is 3. The molecule has 160 valence electrons. The molecule has 1 aliphatic heterocycles. The highest BCUT2D eigenvalue weighted by Gasteiger charge is 2.38. The highest BCUT2D eigenvalue weighted by Crippen LogP contribution is 2.39. The molecule has 0 aromatic heterocycles. The molecule has 0 spiro atoms. The number of carboxylic acids is 1. The van der Waals surface area contributed by atoms with Crippen LogP contribution in [-0.2, 0) is 11.4 Å². The van der Waals surface area contributed by atoms with Crippen molar-refractivity contribution in [3.63, 3.8) is 0 Å². The zero-order valence-corrected chi connectivity index (χ0v) is 18.1. The van der Waals surface area contributed by atoms with Gasteiger partial charge < -0.3 is 9.84 Å². The Morgan fingerprint density at radius 1 is 1.03 bits per heavy atom. The number of rotatable bonds is 7. The van der Waals surface area contributed by atoms with Crippen LogP contribution in [0.2, 0.25) is 0 Å². The number of likely N-dealkylation sites (tertiary alicyclic amines) is 1. The van der Waals surface area contributed by atoms with Crippen LogP contribution in [-0.4, -0.2) is 28.6 Å². The van der Waals surface area contributed by atoms with E-state index in [0.29, 0.717) is 13.0 Å². The number of para-hydroxylation sites is 1. The second-order valence-electron chi connectivity index (χ2n) is 8.37. The number of ether oxygens (including phenoxy) is 1. The minimum Gasteiger partial charge on any atom is -0.489 e. The van der Waals surface area contributed by atoms with Crippen molar-refractivity contribution in [1.29, 1.82) is 0 Å².